The van der Waals surface area contributed by atoms with Crippen molar-refractivity contribution in [1.82, 2.24) is 0 Å². The molecule has 3 aliphatic rings. The molecule has 6 atom stereocenters. The number of aliphatic hydroxyl groups is 2. The number of rotatable bonds is 6. The Hall–Kier alpha value is -3.02. The Morgan fingerprint density at radius 3 is 2.44 bits per heavy atom. The van der Waals surface area contributed by atoms with Crippen LogP contribution in [0, 0.1) is 5.92 Å². The molecule has 2 aliphatic carbocycles. The van der Waals surface area contributed by atoms with Crippen LogP contribution in [-0.4, -0.2) is 76.9 Å². The summed E-state index contributed by atoms with van der Waals surface area (Å²) in [5.41, 5.74) is -1.73. The van der Waals surface area contributed by atoms with Crippen molar-refractivity contribution in [3.8, 4) is 17.2 Å². The van der Waals surface area contributed by atoms with Crippen molar-refractivity contribution >= 4 is 11.6 Å². The third-order valence-electron chi connectivity index (χ3n) is 8.24. The van der Waals surface area contributed by atoms with E-state index < -0.39 is 53.3 Å². The van der Waals surface area contributed by atoms with Crippen LogP contribution < -0.4 is 4.74 Å². The summed E-state index contributed by atoms with van der Waals surface area (Å²) in [5.74, 6) is -2.22. The van der Waals surface area contributed by atoms with E-state index in [0.717, 1.165) is 0 Å². The minimum Gasteiger partial charge on any atom is -0.507 e. The Morgan fingerprint density at radius 2 is 1.77 bits per heavy atom. The number of aliphatic hydroxyl groups excluding tert-OH is 1. The van der Waals surface area contributed by atoms with Crippen LogP contribution in [0.2, 0.25) is 0 Å². The lowest BCUT2D eigenvalue weighted by molar-refractivity contribution is -0.256. The number of methoxy groups -OCH3 is 2. The summed E-state index contributed by atoms with van der Waals surface area (Å²) in [7, 11) is 2.88. The molecule has 4 N–H and O–H groups in total. The summed E-state index contributed by atoms with van der Waals surface area (Å²) in [6.07, 6.45) is -2.49. The number of carbonyl (C=O) groups excluding carboxylic acids is 2. The molecule has 1 fully saturated rings. The lowest BCUT2D eigenvalue weighted by Crippen LogP contribution is -2.45. The molecule has 1 heterocycles. The first kappa shape index (κ1) is 27.5. The SMILES string of the molecule is COCCC1(O)Cc2c(O)c3c(c(O)c2C(OC2CC(C)C(O)C(C)O2)C1)C(=O)c1c(OC)cccc1C3=O. The van der Waals surface area contributed by atoms with Gasteiger partial charge in [0.1, 0.15) is 17.2 Å². The second-order valence-corrected chi connectivity index (χ2v) is 10.8. The molecule has 5 rings (SSSR count). The van der Waals surface area contributed by atoms with Gasteiger partial charge in [0.2, 0.25) is 5.78 Å². The van der Waals surface area contributed by atoms with Gasteiger partial charge in [-0.15, -0.1) is 0 Å². The first-order valence-electron chi connectivity index (χ1n) is 13.1. The van der Waals surface area contributed by atoms with Gasteiger partial charge >= 0.3 is 0 Å². The highest BCUT2D eigenvalue weighted by molar-refractivity contribution is 6.31. The highest BCUT2D eigenvalue weighted by atomic mass is 16.7. The van der Waals surface area contributed by atoms with Crippen molar-refractivity contribution in [2.75, 3.05) is 20.8 Å². The molecule has 10 heteroatoms. The molecule has 2 aromatic carbocycles. The number of ketones is 2. The molecule has 0 spiro atoms. The molecule has 0 bridgehead atoms. The van der Waals surface area contributed by atoms with Gasteiger partial charge in [-0.25, -0.2) is 0 Å². The standard InChI is InChI=1S/C29H34O10/c1-13-10-19(38-14(2)24(13)30)39-18-12-29(35,8-9-36-3)11-16-21(18)28(34)23-22(26(16)32)25(31)15-6-5-7-17(37-4)20(15)27(23)33/h5-7,13-14,18-19,24,30,32,34-35H,8-12H2,1-4H3. The molecule has 0 saturated carbocycles. The molecule has 39 heavy (non-hydrogen) atoms. The zero-order valence-electron chi connectivity index (χ0n) is 22.4. The Bertz CT molecular complexity index is 1310. The topological polar surface area (TPSA) is 152 Å². The smallest absolute Gasteiger partial charge is 0.202 e. The average Bonchev–Trinajstić information content (AvgIpc) is 2.90. The van der Waals surface area contributed by atoms with Gasteiger partial charge < -0.3 is 39.4 Å². The highest BCUT2D eigenvalue weighted by Gasteiger charge is 2.47. The zero-order chi connectivity index (χ0) is 28.2. The van der Waals surface area contributed by atoms with Crippen LogP contribution in [0.3, 0.4) is 0 Å². The number of fused-ring (bicyclic) bond motifs is 3. The van der Waals surface area contributed by atoms with Gasteiger partial charge in [0.05, 0.1) is 47.7 Å². The molecule has 1 aliphatic heterocycles. The van der Waals surface area contributed by atoms with E-state index in [-0.39, 0.29) is 70.9 Å². The molecule has 0 radical (unpaired) electrons. The second kappa shape index (κ2) is 10.2. The fourth-order valence-electron chi connectivity index (χ4n) is 6.14. The molecule has 210 valence electrons. The molecule has 1 saturated heterocycles. The van der Waals surface area contributed by atoms with Crippen LogP contribution in [0.15, 0.2) is 18.2 Å². The van der Waals surface area contributed by atoms with Gasteiger partial charge in [-0.3, -0.25) is 9.59 Å². The predicted molar refractivity (Wildman–Crippen MR) is 137 cm³/mol. The summed E-state index contributed by atoms with van der Waals surface area (Å²) in [6, 6.07) is 4.58. The van der Waals surface area contributed by atoms with Crippen molar-refractivity contribution in [1.29, 1.82) is 0 Å². The Kier molecular flexibility index (Phi) is 7.19. The van der Waals surface area contributed by atoms with Crippen molar-refractivity contribution in [3.05, 3.63) is 51.6 Å². The van der Waals surface area contributed by atoms with E-state index in [0.29, 0.717) is 6.42 Å². The van der Waals surface area contributed by atoms with E-state index in [1.807, 2.05) is 6.92 Å². The lowest BCUT2D eigenvalue weighted by Gasteiger charge is -2.43. The molecule has 6 unspecified atom stereocenters. The maximum Gasteiger partial charge on any atom is 0.202 e. The van der Waals surface area contributed by atoms with Gasteiger partial charge in [0.15, 0.2) is 12.1 Å². The second-order valence-electron chi connectivity index (χ2n) is 10.8. The summed E-state index contributed by atoms with van der Waals surface area (Å²) in [4.78, 5) is 27.3. The minimum atomic E-state index is -1.40. The third kappa shape index (κ3) is 4.50. The fourth-order valence-corrected chi connectivity index (χ4v) is 6.14. The van der Waals surface area contributed by atoms with E-state index in [4.69, 9.17) is 18.9 Å². The van der Waals surface area contributed by atoms with Crippen molar-refractivity contribution in [2.24, 2.45) is 5.92 Å². The zero-order valence-corrected chi connectivity index (χ0v) is 22.4. The minimum absolute atomic E-state index is 0.00396. The number of aromatic hydroxyl groups is 2. The van der Waals surface area contributed by atoms with Gasteiger partial charge in [-0.05, 0) is 25.3 Å². The Morgan fingerprint density at radius 1 is 1.05 bits per heavy atom. The maximum absolute atomic E-state index is 13.7. The highest BCUT2D eigenvalue weighted by Crippen LogP contribution is 2.53. The van der Waals surface area contributed by atoms with Crippen molar-refractivity contribution < 1.29 is 49.0 Å². The molecule has 10 nitrogen and oxygen atoms in total. The first-order valence-corrected chi connectivity index (χ1v) is 13.1. The Labute approximate surface area is 226 Å². The maximum atomic E-state index is 13.7. The van der Waals surface area contributed by atoms with Gasteiger partial charge in [-0.2, -0.15) is 0 Å². The number of hydrogen-bond acceptors (Lipinski definition) is 10. The molecule has 0 aromatic heterocycles. The Balaban J connectivity index is 1.65. The monoisotopic (exact) mass is 542 g/mol. The van der Waals surface area contributed by atoms with Crippen LogP contribution in [-0.2, 0) is 20.6 Å². The third-order valence-corrected chi connectivity index (χ3v) is 8.24. The van der Waals surface area contributed by atoms with E-state index in [9.17, 15) is 30.0 Å². The number of phenolic OH excluding ortho intramolecular Hbond substituents is 2. The number of carbonyl (C=O) groups is 2. The summed E-state index contributed by atoms with van der Waals surface area (Å²) >= 11 is 0. The van der Waals surface area contributed by atoms with E-state index in [1.165, 1.54) is 20.3 Å². The van der Waals surface area contributed by atoms with Crippen LogP contribution in [0.5, 0.6) is 17.2 Å². The average molecular weight is 543 g/mol. The van der Waals surface area contributed by atoms with Gasteiger partial charge in [0.25, 0.3) is 0 Å². The van der Waals surface area contributed by atoms with Crippen LogP contribution in [0.25, 0.3) is 0 Å². The summed E-state index contributed by atoms with van der Waals surface area (Å²) in [6.45, 7) is 3.83. The molecule has 0 amide bonds. The number of benzene rings is 2. The summed E-state index contributed by atoms with van der Waals surface area (Å²) in [5, 5.41) is 44.9. The van der Waals surface area contributed by atoms with E-state index in [2.05, 4.69) is 0 Å². The normalized spacial score (nSPS) is 29.9. The van der Waals surface area contributed by atoms with E-state index >= 15 is 0 Å². The quantitative estimate of drug-likeness (QED) is 0.342. The number of hydrogen-bond donors (Lipinski definition) is 4. The predicted octanol–water partition coefficient (Wildman–Crippen LogP) is 2.79. The molecule has 2 aromatic rings. The van der Waals surface area contributed by atoms with Crippen LogP contribution in [0.4, 0.5) is 0 Å². The fraction of sp³-hybridized carbons (Fsp3) is 0.517. The van der Waals surface area contributed by atoms with Gasteiger partial charge in [-0.1, -0.05) is 19.1 Å². The van der Waals surface area contributed by atoms with Crippen molar-refractivity contribution in [3.63, 3.8) is 0 Å². The van der Waals surface area contributed by atoms with Crippen molar-refractivity contribution in [2.45, 2.75) is 69.7 Å². The first-order chi connectivity index (χ1) is 18.5. The summed E-state index contributed by atoms with van der Waals surface area (Å²) < 4.78 is 22.7. The number of phenols is 2. The molecular weight excluding hydrogens is 508 g/mol. The largest absolute Gasteiger partial charge is 0.507 e. The van der Waals surface area contributed by atoms with Crippen LogP contribution >= 0.6 is 0 Å². The number of ether oxygens (including phenoxy) is 4. The van der Waals surface area contributed by atoms with Gasteiger partial charge in [0, 0.05) is 49.7 Å². The molecular formula is C29H34O10. The van der Waals surface area contributed by atoms with Crippen LogP contribution in [0.1, 0.15) is 82.2 Å². The van der Waals surface area contributed by atoms with E-state index in [1.54, 1.807) is 19.1 Å². The lowest BCUT2D eigenvalue weighted by atomic mass is 9.72.